The van der Waals surface area contributed by atoms with E-state index in [1.165, 1.54) is 24.3 Å². The minimum Gasteiger partial charge on any atom is -0.507 e. The zero-order valence-corrected chi connectivity index (χ0v) is 13.4. The number of amides is 1. The van der Waals surface area contributed by atoms with E-state index in [4.69, 9.17) is 5.11 Å². The zero-order valence-electron chi connectivity index (χ0n) is 13.4. The van der Waals surface area contributed by atoms with Gasteiger partial charge in [-0.15, -0.1) is 0 Å². The van der Waals surface area contributed by atoms with Crippen LogP contribution in [-0.2, 0) is 6.54 Å². The number of carboxylic acid groups (broad SMARTS) is 1. The molecule has 26 heavy (non-hydrogen) atoms. The summed E-state index contributed by atoms with van der Waals surface area (Å²) in [6.45, 7) is -0.116. The Kier molecular flexibility index (Phi) is 4.66. The third-order valence-electron chi connectivity index (χ3n) is 3.74. The largest absolute Gasteiger partial charge is 0.507 e. The van der Waals surface area contributed by atoms with Crippen LogP contribution in [0.5, 0.6) is 5.75 Å². The van der Waals surface area contributed by atoms with Gasteiger partial charge in [-0.25, -0.2) is 9.18 Å². The molecule has 4 N–H and O–H groups in total. The number of H-pyrrole nitrogens is 1. The van der Waals surface area contributed by atoms with Crippen molar-refractivity contribution in [1.29, 1.82) is 0 Å². The molecule has 1 amide bonds. The van der Waals surface area contributed by atoms with Gasteiger partial charge in [-0.2, -0.15) is 5.10 Å². The van der Waals surface area contributed by atoms with Gasteiger partial charge in [0.2, 0.25) is 0 Å². The molecule has 2 aromatic carbocycles. The van der Waals surface area contributed by atoms with Crippen LogP contribution in [0.4, 0.5) is 4.39 Å². The summed E-state index contributed by atoms with van der Waals surface area (Å²) < 4.78 is 13.9. The number of hydrogen-bond acceptors (Lipinski definition) is 4. The molecule has 3 aromatic rings. The number of carbonyl (C=O) groups is 2. The molecule has 1 heterocycles. The van der Waals surface area contributed by atoms with Gasteiger partial charge in [-0.1, -0.05) is 18.2 Å². The molecule has 0 bridgehead atoms. The number of nitrogens with one attached hydrogen (secondary N) is 2. The molecule has 132 valence electrons. The molecule has 0 radical (unpaired) electrons. The number of aromatic nitrogens is 2. The predicted molar refractivity (Wildman–Crippen MR) is 90.2 cm³/mol. The van der Waals surface area contributed by atoms with Gasteiger partial charge < -0.3 is 15.5 Å². The maximum atomic E-state index is 13.9. The van der Waals surface area contributed by atoms with Crippen LogP contribution in [0.3, 0.4) is 0 Å². The Bertz CT molecular complexity index is 984. The summed E-state index contributed by atoms with van der Waals surface area (Å²) in [5.41, 5.74) is 0.997. The maximum absolute atomic E-state index is 13.9. The highest BCUT2D eigenvalue weighted by atomic mass is 19.1. The molecular weight excluding hydrogens is 341 g/mol. The van der Waals surface area contributed by atoms with E-state index >= 15 is 0 Å². The molecule has 0 saturated carbocycles. The fourth-order valence-corrected chi connectivity index (χ4v) is 2.36. The molecule has 0 saturated heterocycles. The Labute approximate surface area is 147 Å². The first-order chi connectivity index (χ1) is 12.5. The van der Waals surface area contributed by atoms with E-state index in [2.05, 4.69) is 15.5 Å². The van der Waals surface area contributed by atoms with Crippen molar-refractivity contribution in [2.45, 2.75) is 6.54 Å². The van der Waals surface area contributed by atoms with Crippen LogP contribution in [0.2, 0.25) is 0 Å². The lowest BCUT2D eigenvalue weighted by Crippen LogP contribution is -2.23. The van der Waals surface area contributed by atoms with Crippen molar-refractivity contribution >= 4 is 11.9 Å². The number of para-hydroxylation sites is 1. The lowest BCUT2D eigenvalue weighted by Gasteiger charge is -2.06. The maximum Gasteiger partial charge on any atom is 0.335 e. The quantitative estimate of drug-likeness (QED) is 0.561. The minimum absolute atomic E-state index is 0.0338. The second-order valence-electron chi connectivity index (χ2n) is 5.48. The fraction of sp³-hybridized carbons (Fsp3) is 0.0556. The Morgan fingerprint density at radius 3 is 2.62 bits per heavy atom. The summed E-state index contributed by atoms with van der Waals surface area (Å²) in [6, 6.07) is 11.5. The highest BCUT2D eigenvalue weighted by Gasteiger charge is 2.14. The van der Waals surface area contributed by atoms with Crippen molar-refractivity contribution in [3.05, 3.63) is 71.2 Å². The number of aromatic hydroxyl groups is 1. The molecule has 0 aliphatic rings. The lowest BCUT2D eigenvalue weighted by atomic mass is 10.1. The van der Waals surface area contributed by atoms with Gasteiger partial charge in [-0.3, -0.25) is 9.89 Å². The molecule has 1 aromatic heterocycles. The van der Waals surface area contributed by atoms with Crippen molar-refractivity contribution in [3.8, 4) is 17.0 Å². The van der Waals surface area contributed by atoms with Crippen molar-refractivity contribution in [2.75, 3.05) is 0 Å². The first-order valence-electron chi connectivity index (χ1n) is 7.59. The van der Waals surface area contributed by atoms with Crippen LogP contribution in [0.15, 0.2) is 48.5 Å². The number of benzene rings is 2. The van der Waals surface area contributed by atoms with Gasteiger partial charge in [0.25, 0.3) is 5.91 Å². The van der Waals surface area contributed by atoms with Gasteiger partial charge in [0.15, 0.2) is 0 Å². The number of phenolic OH excluding ortho intramolecular Hbond substituents is 1. The summed E-state index contributed by atoms with van der Waals surface area (Å²) in [5, 5.41) is 27.7. The molecule has 0 aliphatic heterocycles. The molecule has 0 spiro atoms. The standard InChI is InChI=1S/C18H14FN3O4/c19-13-7-10(18(25)26)5-6-11(13)9-20-17(24)15-8-14(21-22-15)12-3-1-2-4-16(12)23/h1-8,23H,9H2,(H,20,24)(H,21,22)(H,25,26). The van der Waals surface area contributed by atoms with E-state index in [-0.39, 0.29) is 29.1 Å². The highest BCUT2D eigenvalue weighted by Crippen LogP contribution is 2.27. The third-order valence-corrected chi connectivity index (χ3v) is 3.74. The van der Waals surface area contributed by atoms with Gasteiger partial charge in [0.1, 0.15) is 17.3 Å². The molecule has 0 unspecified atom stereocenters. The summed E-state index contributed by atoms with van der Waals surface area (Å²) in [7, 11) is 0. The van der Waals surface area contributed by atoms with Crippen LogP contribution < -0.4 is 5.32 Å². The predicted octanol–water partition coefficient (Wildman–Crippen LogP) is 2.55. The number of aromatic amines is 1. The summed E-state index contributed by atoms with van der Waals surface area (Å²) in [6.07, 6.45) is 0. The van der Waals surface area contributed by atoms with Gasteiger partial charge >= 0.3 is 5.97 Å². The van der Waals surface area contributed by atoms with Crippen LogP contribution in [0.25, 0.3) is 11.3 Å². The van der Waals surface area contributed by atoms with Crippen molar-refractivity contribution in [2.24, 2.45) is 0 Å². The average molecular weight is 355 g/mol. The van der Waals surface area contributed by atoms with Crippen molar-refractivity contribution in [1.82, 2.24) is 15.5 Å². The van der Waals surface area contributed by atoms with Crippen LogP contribution in [0, 0.1) is 5.82 Å². The molecule has 0 fully saturated rings. The number of rotatable bonds is 5. The van der Waals surface area contributed by atoms with Crippen LogP contribution in [0.1, 0.15) is 26.4 Å². The summed E-state index contributed by atoms with van der Waals surface area (Å²) in [4.78, 5) is 23.0. The Morgan fingerprint density at radius 1 is 1.15 bits per heavy atom. The first kappa shape index (κ1) is 17.2. The smallest absolute Gasteiger partial charge is 0.335 e. The lowest BCUT2D eigenvalue weighted by molar-refractivity contribution is 0.0696. The summed E-state index contributed by atoms with van der Waals surface area (Å²) in [5.74, 6) is -2.43. The summed E-state index contributed by atoms with van der Waals surface area (Å²) >= 11 is 0. The monoisotopic (exact) mass is 355 g/mol. The molecule has 0 aliphatic carbocycles. The Hall–Kier alpha value is -3.68. The number of aromatic carboxylic acids is 1. The first-order valence-corrected chi connectivity index (χ1v) is 7.59. The number of hydrogen-bond donors (Lipinski definition) is 4. The highest BCUT2D eigenvalue weighted by molar-refractivity contribution is 5.93. The zero-order chi connectivity index (χ0) is 18.7. The van der Waals surface area contributed by atoms with Crippen molar-refractivity contribution in [3.63, 3.8) is 0 Å². The van der Waals surface area contributed by atoms with E-state index in [1.807, 2.05) is 0 Å². The van der Waals surface area contributed by atoms with E-state index in [9.17, 15) is 19.1 Å². The normalized spacial score (nSPS) is 10.5. The Balaban J connectivity index is 1.70. The second-order valence-corrected chi connectivity index (χ2v) is 5.48. The average Bonchev–Trinajstić information content (AvgIpc) is 3.10. The van der Waals surface area contributed by atoms with E-state index in [1.54, 1.807) is 18.2 Å². The molecule has 3 rings (SSSR count). The molecule has 8 heteroatoms. The number of halogens is 1. The van der Waals surface area contributed by atoms with Crippen LogP contribution in [-0.4, -0.2) is 32.3 Å². The van der Waals surface area contributed by atoms with E-state index < -0.39 is 17.7 Å². The van der Waals surface area contributed by atoms with Gasteiger partial charge in [0, 0.05) is 17.7 Å². The van der Waals surface area contributed by atoms with Gasteiger partial charge in [0.05, 0.1) is 11.3 Å². The second kappa shape index (κ2) is 7.06. The van der Waals surface area contributed by atoms with E-state index in [0.29, 0.717) is 11.3 Å². The van der Waals surface area contributed by atoms with E-state index in [0.717, 1.165) is 6.07 Å². The number of nitrogens with zero attached hydrogens (tertiary/aromatic N) is 1. The Morgan fingerprint density at radius 2 is 1.92 bits per heavy atom. The number of carboxylic acids is 1. The SMILES string of the molecule is O=C(O)c1ccc(CNC(=O)c2cc(-c3ccccc3O)n[nH]2)c(F)c1. The minimum atomic E-state index is -1.23. The van der Waals surface area contributed by atoms with Crippen LogP contribution >= 0.6 is 0 Å². The number of carbonyl (C=O) groups excluding carboxylic acids is 1. The third kappa shape index (κ3) is 3.54. The topological polar surface area (TPSA) is 115 Å². The van der Waals surface area contributed by atoms with Gasteiger partial charge in [-0.05, 0) is 30.3 Å². The number of phenols is 1. The molecular formula is C18H14FN3O4. The molecule has 0 atom stereocenters. The fourth-order valence-electron chi connectivity index (χ4n) is 2.36. The molecule has 7 nitrogen and oxygen atoms in total. The van der Waals surface area contributed by atoms with Crippen molar-refractivity contribution < 1.29 is 24.2 Å².